The van der Waals surface area contributed by atoms with Crippen LogP contribution in [-0.4, -0.2) is 38.5 Å². The monoisotopic (exact) mass is 592 g/mol. The van der Waals surface area contributed by atoms with Gasteiger partial charge in [-0.1, -0.05) is 63.6 Å². The second-order valence-corrected chi connectivity index (χ2v) is 13.0. The van der Waals surface area contributed by atoms with Crippen molar-refractivity contribution in [3.05, 3.63) is 76.9 Å². The lowest BCUT2D eigenvalue weighted by Gasteiger charge is -2.08. The minimum absolute atomic E-state index is 0.0819. The molecule has 4 aromatic rings. The van der Waals surface area contributed by atoms with Gasteiger partial charge in [0.2, 0.25) is 5.91 Å². The van der Waals surface area contributed by atoms with Crippen molar-refractivity contribution in [2.24, 2.45) is 0 Å². The average molecular weight is 593 g/mol. The molecule has 10 heteroatoms. The lowest BCUT2D eigenvalue weighted by Crippen LogP contribution is -2.22. The van der Waals surface area contributed by atoms with E-state index in [4.69, 9.17) is 9.15 Å². The van der Waals surface area contributed by atoms with Crippen molar-refractivity contribution in [2.45, 2.75) is 69.7 Å². The number of nitrogens with zero attached hydrogens (tertiary/aromatic N) is 3. The first kappa shape index (κ1) is 29.3. The van der Waals surface area contributed by atoms with Crippen molar-refractivity contribution < 1.29 is 13.9 Å². The number of aromatic nitrogens is 3. The minimum Gasteiger partial charge on any atom is -0.493 e. The highest BCUT2D eigenvalue weighted by Gasteiger charge is 2.16. The van der Waals surface area contributed by atoms with Crippen LogP contribution in [-0.2, 0) is 17.9 Å². The Labute approximate surface area is 248 Å². The molecule has 216 valence electrons. The number of benzene rings is 2. The molecule has 0 spiro atoms. The number of hydrogen-bond donors (Lipinski definition) is 1. The highest BCUT2D eigenvalue weighted by atomic mass is 33.1. The Balaban J connectivity index is 0.962. The molecule has 1 amide bonds. The standard InChI is InChI=1S/C31H36N4O4S2/c36-30(12-6-5-11-27-15-18-40-41-27)32-21-25-22-35(34-33-25)16-7-2-8-17-38-26-14-13-24-19-28(23-9-3-1-4-10-23)31(37)39-29(24)20-26/h1,3-4,9-10,13-14,19-20,22,27H,2,5-8,11-12,15-18,21H2,(H,32,36). The Hall–Kier alpha value is -3.24. The molecule has 5 rings (SSSR count). The Morgan fingerprint density at radius 3 is 2.83 bits per heavy atom. The summed E-state index contributed by atoms with van der Waals surface area (Å²) in [4.78, 5) is 24.6. The maximum absolute atomic E-state index is 12.5. The summed E-state index contributed by atoms with van der Waals surface area (Å²) < 4.78 is 13.3. The fraction of sp³-hybridized carbons (Fsp3) is 0.419. The predicted octanol–water partition coefficient (Wildman–Crippen LogP) is 6.63. The summed E-state index contributed by atoms with van der Waals surface area (Å²) in [6.45, 7) is 1.76. The Kier molecular flexibility index (Phi) is 10.8. The topological polar surface area (TPSA) is 99.2 Å². The SMILES string of the molecule is O=C(CCCCC1CCSS1)NCc1cn(CCCCCOc2ccc3cc(-c4ccccc4)c(=O)oc3c2)nn1. The van der Waals surface area contributed by atoms with E-state index < -0.39 is 0 Å². The second kappa shape index (κ2) is 15.1. The van der Waals surface area contributed by atoms with Crippen molar-refractivity contribution in [3.8, 4) is 16.9 Å². The number of carbonyl (C=O) groups excluding carboxylic acids is 1. The number of amides is 1. The zero-order valence-corrected chi connectivity index (χ0v) is 24.8. The smallest absolute Gasteiger partial charge is 0.344 e. The molecule has 1 unspecified atom stereocenters. The van der Waals surface area contributed by atoms with Crippen LogP contribution in [0, 0.1) is 0 Å². The van der Waals surface area contributed by atoms with Gasteiger partial charge in [-0.3, -0.25) is 9.48 Å². The van der Waals surface area contributed by atoms with Crippen molar-refractivity contribution >= 4 is 38.5 Å². The van der Waals surface area contributed by atoms with Gasteiger partial charge in [-0.25, -0.2) is 4.79 Å². The maximum atomic E-state index is 12.5. The van der Waals surface area contributed by atoms with E-state index >= 15 is 0 Å². The van der Waals surface area contributed by atoms with Crippen LogP contribution in [0.1, 0.15) is 57.1 Å². The van der Waals surface area contributed by atoms with Gasteiger partial charge in [-0.05, 0) is 62.3 Å². The number of ether oxygens (including phenoxy) is 1. The Morgan fingerprint density at radius 1 is 1.07 bits per heavy atom. The van der Waals surface area contributed by atoms with E-state index in [9.17, 15) is 9.59 Å². The summed E-state index contributed by atoms with van der Waals surface area (Å²) in [5, 5.41) is 13.0. The molecule has 0 bridgehead atoms. The van der Waals surface area contributed by atoms with Crippen molar-refractivity contribution in [2.75, 3.05) is 12.4 Å². The van der Waals surface area contributed by atoms with Crippen LogP contribution < -0.4 is 15.7 Å². The molecular formula is C31H36N4O4S2. The zero-order chi connectivity index (χ0) is 28.3. The number of carbonyl (C=O) groups is 1. The van der Waals surface area contributed by atoms with Crippen LogP contribution in [0.4, 0.5) is 0 Å². The van der Waals surface area contributed by atoms with Crippen LogP contribution in [0.25, 0.3) is 22.1 Å². The van der Waals surface area contributed by atoms with Gasteiger partial charge in [-0.2, -0.15) is 0 Å². The van der Waals surface area contributed by atoms with Gasteiger partial charge in [0.05, 0.1) is 24.9 Å². The van der Waals surface area contributed by atoms with Crippen molar-refractivity contribution in [1.82, 2.24) is 20.3 Å². The number of rotatable bonds is 15. The maximum Gasteiger partial charge on any atom is 0.344 e. The molecule has 1 atom stereocenters. The van der Waals surface area contributed by atoms with Crippen LogP contribution in [0.5, 0.6) is 5.75 Å². The lowest BCUT2D eigenvalue weighted by atomic mass is 10.1. The molecule has 1 saturated heterocycles. The highest BCUT2D eigenvalue weighted by molar-refractivity contribution is 8.77. The van der Waals surface area contributed by atoms with Crippen molar-refractivity contribution in [3.63, 3.8) is 0 Å². The van der Waals surface area contributed by atoms with E-state index in [1.54, 1.807) is 6.07 Å². The van der Waals surface area contributed by atoms with Gasteiger partial charge in [0, 0.05) is 35.4 Å². The molecular weight excluding hydrogens is 556 g/mol. The molecule has 1 N–H and O–H groups in total. The molecule has 1 fully saturated rings. The number of fused-ring (bicyclic) bond motifs is 1. The number of aryl methyl sites for hydroxylation is 1. The average Bonchev–Trinajstić information content (AvgIpc) is 3.68. The second-order valence-electron chi connectivity index (χ2n) is 10.2. The van der Waals surface area contributed by atoms with Gasteiger partial charge in [0.15, 0.2) is 0 Å². The van der Waals surface area contributed by atoms with E-state index in [1.165, 1.54) is 18.6 Å². The first-order valence-electron chi connectivity index (χ1n) is 14.3. The third-order valence-corrected chi connectivity index (χ3v) is 10.1. The number of hydrogen-bond acceptors (Lipinski definition) is 8. The van der Waals surface area contributed by atoms with E-state index in [1.807, 2.05) is 81.0 Å². The molecule has 1 aliphatic rings. The van der Waals surface area contributed by atoms with Crippen LogP contribution in [0.3, 0.4) is 0 Å². The molecule has 41 heavy (non-hydrogen) atoms. The fourth-order valence-corrected chi connectivity index (χ4v) is 7.80. The molecule has 0 radical (unpaired) electrons. The predicted molar refractivity (Wildman–Crippen MR) is 166 cm³/mol. The molecule has 0 aliphatic carbocycles. The molecule has 3 heterocycles. The summed E-state index contributed by atoms with van der Waals surface area (Å²) in [6, 6.07) is 17.0. The van der Waals surface area contributed by atoms with E-state index in [0.29, 0.717) is 36.5 Å². The normalized spacial score (nSPS) is 14.9. The van der Waals surface area contributed by atoms with Gasteiger partial charge in [0.25, 0.3) is 0 Å². The van der Waals surface area contributed by atoms with E-state index in [0.717, 1.165) is 60.5 Å². The number of unbranched alkanes of at least 4 members (excludes halogenated alkanes) is 3. The minimum atomic E-state index is -0.358. The van der Waals surface area contributed by atoms with Gasteiger partial charge >= 0.3 is 5.63 Å². The Bertz CT molecular complexity index is 1470. The molecule has 8 nitrogen and oxygen atoms in total. The summed E-state index contributed by atoms with van der Waals surface area (Å²) in [5.74, 6) is 2.03. The van der Waals surface area contributed by atoms with E-state index in [-0.39, 0.29) is 11.5 Å². The molecule has 1 aliphatic heterocycles. The largest absolute Gasteiger partial charge is 0.493 e. The quantitative estimate of drug-likeness (QED) is 0.0933. The summed E-state index contributed by atoms with van der Waals surface area (Å²) in [5.41, 5.74) is 2.33. The highest BCUT2D eigenvalue weighted by Crippen LogP contribution is 2.39. The van der Waals surface area contributed by atoms with Gasteiger partial charge in [-0.15, -0.1) is 5.10 Å². The first-order chi connectivity index (χ1) is 20.1. The van der Waals surface area contributed by atoms with Crippen LogP contribution in [0.2, 0.25) is 0 Å². The summed E-state index contributed by atoms with van der Waals surface area (Å²) in [6.07, 6.45) is 9.87. The Morgan fingerprint density at radius 2 is 1.98 bits per heavy atom. The third kappa shape index (κ3) is 8.87. The zero-order valence-electron chi connectivity index (χ0n) is 23.1. The van der Waals surface area contributed by atoms with Crippen LogP contribution >= 0.6 is 21.6 Å². The third-order valence-electron chi connectivity index (χ3n) is 7.05. The molecule has 2 aromatic heterocycles. The summed E-state index contributed by atoms with van der Waals surface area (Å²) in [7, 11) is 3.97. The van der Waals surface area contributed by atoms with Crippen LogP contribution in [0.15, 0.2) is 70.0 Å². The number of nitrogens with one attached hydrogen (secondary N) is 1. The summed E-state index contributed by atoms with van der Waals surface area (Å²) >= 11 is 0. The van der Waals surface area contributed by atoms with Gasteiger partial charge < -0.3 is 14.5 Å². The lowest BCUT2D eigenvalue weighted by molar-refractivity contribution is -0.121. The molecule has 2 aromatic carbocycles. The van der Waals surface area contributed by atoms with Gasteiger partial charge in [0.1, 0.15) is 17.0 Å². The first-order valence-corrected chi connectivity index (χ1v) is 16.7. The van der Waals surface area contributed by atoms with E-state index in [2.05, 4.69) is 15.6 Å². The fourth-order valence-electron chi connectivity index (χ4n) is 4.77. The van der Waals surface area contributed by atoms with Crippen molar-refractivity contribution in [1.29, 1.82) is 0 Å². The molecule has 0 saturated carbocycles.